The Labute approximate surface area is 120 Å². The lowest BCUT2D eigenvalue weighted by Gasteiger charge is -2.35. The third-order valence-electron chi connectivity index (χ3n) is 4.76. The summed E-state index contributed by atoms with van der Waals surface area (Å²) in [4.78, 5) is 25.9. The summed E-state index contributed by atoms with van der Waals surface area (Å²) in [6.45, 7) is 4.53. The third kappa shape index (κ3) is 3.32. The van der Waals surface area contributed by atoms with Crippen LogP contribution in [0.3, 0.4) is 0 Å². The van der Waals surface area contributed by atoms with Crippen LogP contribution in [0.4, 0.5) is 0 Å². The molecule has 0 spiro atoms. The summed E-state index contributed by atoms with van der Waals surface area (Å²) in [5, 5.41) is 12.5. The maximum atomic E-state index is 12.7. The number of aliphatic carboxylic acids is 1. The Morgan fingerprint density at radius 2 is 2.00 bits per heavy atom. The molecule has 1 aliphatic carbocycles. The zero-order valence-corrected chi connectivity index (χ0v) is 12.5. The Kier molecular flexibility index (Phi) is 5.02. The molecular weight excluding hydrogens is 256 g/mol. The van der Waals surface area contributed by atoms with E-state index in [1.165, 1.54) is 0 Å². The molecule has 5 nitrogen and oxygen atoms in total. The minimum absolute atomic E-state index is 0.0718. The van der Waals surface area contributed by atoms with E-state index in [-0.39, 0.29) is 11.8 Å². The highest BCUT2D eigenvalue weighted by atomic mass is 16.4. The maximum Gasteiger partial charge on any atom is 0.307 e. The second-order valence-electron chi connectivity index (χ2n) is 6.48. The van der Waals surface area contributed by atoms with E-state index in [0.29, 0.717) is 18.3 Å². The van der Waals surface area contributed by atoms with Crippen LogP contribution in [0.15, 0.2) is 0 Å². The standard InChI is InChI=1S/C15H26N2O3/c1-10-6-12(13(7-10)15(19)20)14(18)17-5-3-4-11(9-17)8-16-2/h10-13,16H,3-9H2,1-2H3,(H,19,20). The second kappa shape index (κ2) is 6.57. The summed E-state index contributed by atoms with van der Waals surface area (Å²) in [7, 11) is 1.93. The summed E-state index contributed by atoms with van der Waals surface area (Å²) >= 11 is 0. The van der Waals surface area contributed by atoms with Crippen molar-refractivity contribution in [2.24, 2.45) is 23.7 Å². The van der Waals surface area contributed by atoms with Crippen molar-refractivity contribution < 1.29 is 14.7 Å². The molecule has 1 saturated heterocycles. The fourth-order valence-electron chi connectivity index (χ4n) is 3.79. The van der Waals surface area contributed by atoms with E-state index in [0.717, 1.165) is 38.9 Å². The molecule has 20 heavy (non-hydrogen) atoms. The van der Waals surface area contributed by atoms with Crippen molar-refractivity contribution in [3.63, 3.8) is 0 Å². The van der Waals surface area contributed by atoms with Crippen LogP contribution in [0.25, 0.3) is 0 Å². The molecule has 1 aliphatic heterocycles. The van der Waals surface area contributed by atoms with Crippen molar-refractivity contribution in [3.8, 4) is 0 Å². The molecule has 2 aliphatic rings. The molecule has 114 valence electrons. The number of nitrogens with one attached hydrogen (secondary N) is 1. The topological polar surface area (TPSA) is 69.6 Å². The zero-order valence-electron chi connectivity index (χ0n) is 12.5. The van der Waals surface area contributed by atoms with Crippen molar-refractivity contribution in [3.05, 3.63) is 0 Å². The van der Waals surface area contributed by atoms with E-state index < -0.39 is 11.9 Å². The first-order chi connectivity index (χ1) is 9.52. The number of rotatable bonds is 4. The molecule has 1 heterocycles. The minimum atomic E-state index is -0.809. The van der Waals surface area contributed by atoms with Gasteiger partial charge in [0.1, 0.15) is 0 Å². The van der Waals surface area contributed by atoms with Crippen molar-refractivity contribution >= 4 is 11.9 Å². The number of amides is 1. The predicted molar refractivity (Wildman–Crippen MR) is 76.2 cm³/mol. The zero-order chi connectivity index (χ0) is 14.7. The summed E-state index contributed by atoms with van der Waals surface area (Å²) in [6, 6.07) is 0. The van der Waals surface area contributed by atoms with Gasteiger partial charge >= 0.3 is 5.97 Å². The van der Waals surface area contributed by atoms with Gasteiger partial charge in [0.05, 0.1) is 11.8 Å². The molecule has 4 unspecified atom stereocenters. The highest BCUT2D eigenvalue weighted by molar-refractivity contribution is 5.85. The number of carbonyl (C=O) groups is 2. The van der Waals surface area contributed by atoms with E-state index in [9.17, 15) is 14.7 Å². The first-order valence-corrected chi connectivity index (χ1v) is 7.69. The highest BCUT2D eigenvalue weighted by Crippen LogP contribution is 2.38. The number of hydrogen-bond donors (Lipinski definition) is 2. The van der Waals surface area contributed by atoms with Gasteiger partial charge in [0.25, 0.3) is 0 Å². The summed E-state index contributed by atoms with van der Waals surface area (Å²) in [5.41, 5.74) is 0. The van der Waals surface area contributed by atoms with Gasteiger partial charge in [-0.15, -0.1) is 0 Å². The maximum absolute atomic E-state index is 12.7. The van der Waals surface area contributed by atoms with Gasteiger partial charge in [0.15, 0.2) is 0 Å². The second-order valence-corrected chi connectivity index (χ2v) is 6.48. The third-order valence-corrected chi connectivity index (χ3v) is 4.76. The Morgan fingerprint density at radius 3 is 2.65 bits per heavy atom. The van der Waals surface area contributed by atoms with Crippen molar-refractivity contribution in [1.82, 2.24) is 10.2 Å². The smallest absolute Gasteiger partial charge is 0.307 e. The SMILES string of the molecule is CNCC1CCCN(C(=O)C2CC(C)CC2C(=O)O)C1. The number of nitrogens with zero attached hydrogens (tertiary/aromatic N) is 1. The Balaban J connectivity index is 2.00. The fraction of sp³-hybridized carbons (Fsp3) is 0.867. The molecule has 0 aromatic rings. The molecule has 1 amide bonds. The predicted octanol–water partition coefficient (Wildman–Crippen LogP) is 1.19. The lowest BCUT2D eigenvalue weighted by atomic mass is 9.92. The number of likely N-dealkylation sites (tertiary alicyclic amines) is 1. The Hall–Kier alpha value is -1.10. The van der Waals surface area contributed by atoms with Gasteiger partial charge in [0.2, 0.25) is 5.91 Å². The Morgan fingerprint density at radius 1 is 1.30 bits per heavy atom. The lowest BCUT2D eigenvalue weighted by Crippen LogP contribution is -2.46. The van der Waals surface area contributed by atoms with Crippen LogP contribution >= 0.6 is 0 Å². The molecule has 2 rings (SSSR count). The van der Waals surface area contributed by atoms with E-state index >= 15 is 0 Å². The normalized spacial score (nSPS) is 34.2. The van der Waals surface area contributed by atoms with Crippen LogP contribution in [-0.4, -0.2) is 48.6 Å². The van der Waals surface area contributed by atoms with E-state index in [1.807, 2.05) is 18.9 Å². The fourth-order valence-corrected chi connectivity index (χ4v) is 3.79. The average Bonchev–Trinajstić information content (AvgIpc) is 2.81. The first-order valence-electron chi connectivity index (χ1n) is 7.69. The van der Waals surface area contributed by atoms with Crippen LogP contribution < -0.4 is 5.32 Å². The molecular formula is C15H26N2O3. The minimum Gasteiger partial charge on any atom is -0.481 e. The van der Waals surface area contributed by atoms with Gasteiger partial charge in [-0.05, 0) is 51.1 Å². The van der Waals surface area contributed by atoms with Crippen molar-refractivity contribution in [2.45, 2.75) is 32.6 Å². The number of hydrogen-bond acceptors (Lipinski definition) is 3. The van der Waals surface area contributed by atoms with Gasteiger partial charge in [-0.2, -0.15) is 0 Å². The molecule has 2 fully saturated rings. The van der Waals surface area contributed by atoms with Gasteiger partial charge in [0, 0.05) is 13.1 Å². The van der Waals surface area contributed by atoms with Crippen molar-refractivity contribution in [1.29, 1.82) is 0 Å². The van der Waals surface area contributed by atoms with E-state index in [2.05, 4.69) is 5.32 Å². The van der Waals surface area contributed by atoms with E-state index in [4.69, 9.17) is 0 Å². The molecule has 0 radical (unpaired) electrons. The van der Waals surface area contributed by atoms with Crippen LogP contribution in [0.5, 0.6) is 0 Å². The van der Waals surface area contributed by atoms with E-state index in [1.54, 1.807) is 0 Å². The van der Waals surface area contributed by atoms with Crippen LogP contribution in [0.2, 0.25) is 0 Å². The highest BCUT2D eigenvalue weighted by Gasteiger charge is 2.43. The summed E-state index contributed by atoms with van der Waals surface area (Å²) in [5.74, 6) is -0.695. The van der Waals surface area contributed by atoms with Gasteiger partial charge in [-0.1, -0.05) is 6.92 Å². The molecule has 0 bridgehead atoms. The van der Waals surface area contributed by atoms with Crippen LogP contribution in [-0.2, 0) is 9.59 Å². The molecule has 4 atom stereocenters. The molecule has 2 N–H and O–H groups in total. The number of carboxylic acid groups (broad SMARTS) is 1. The first kappa shape index (κ1) is 15.3. The van der Waals surface area contributed by atoms with Gasteiger partial charge < -0.3 is 15.3 Å². The molecule has 1 saturated carbocycles. The molecule has 0 aromatic heterocycles. The van der Waals surface area contributed by atoms with Gasteiger partial charge in [-0.3, -0.25) is 9.59 Å². The largest absolute Gasteiger partial charge is 0.481 e. The summed E-state index contributed by atoms with van der Waals surface area (Å²) < 4.78 is 0. The monoisotopic (exact) mass is 282 g/mol. The number of carboxylic acids is 1. The summed E-state index contributed by atoms with van der Waals surface area (Å²) in [6.07, 6.45) is 3.54. The average molecular weight is 282 g/mol. The molecule has 5 heteroatoms. The Bertz CT molecular complexity index is 370. The lowest BCUT2D eigenvalue weighted by molar-refractivity contribution is -0.149. The number of piperidine rings is 1. The van der Waals surface area contributed by atoms with Gasteiger partial charge in [-0.25, -0.2) is 0 Å². The molecule has 0 aromatic carbocycles. The van der Waals surface area contributed by atoms with Crippen molar-refractivity contribution in [2.75, 3.05) is 26.7 Å². The number of carbonyl (C=O) groups excluding carboxylic acids is 1. The van der Waals surface area contributed by atoms with Crippen LogP contribution in [0.1, 0.15) is 32.6 Å². The van der Waals surface area contributed by atoms with Crippen LogP contribution in [0, 0.1) is 23.7 Å². The quantitative estimate of drug-likeness (QED) is 0.812.